The summed E-state index contributed by atoms with van der Waals surface area (Å²) in [6.45, 7) is 0. The number of imidazole rings is 1. The van der Waals surface area contributed by atoms with E-state index < -0.39 is 0 Å². The Bertz CT molecular complexity index is 1390. The molecule has 0 aliphatic rings. The third kappa shape index (κ3) is 2.23. The van der Waals surface area contributed by atoms with Gasteiger partial charge >= 0.3 is 0 Å². The summed E-state index contributed by atoms with van der Waals surface area (Å²) in [4.78, 5) is 8.05. The van der Waals surface area contributed by atoms with E-state index in [0.717, 1.165) is 38.9 Å². The van der Waals surface area contributed by atoms with Crippen LogP contribution in [0.4, 0.5) is 0 Å². The van der Waals surface area contributed by atoms with Crippen LogP contribution in [0.1, 0.15) is 0 Å². The molecular weight excluding hydrogens is 356 g/mol. The molecule has 9 heteroatoms. The largest absolute Gasteiger partial charge is 0.454 e. The van der Waals surface area contributed by atoms with E-state index in [4.69, 9.17) is 9.40 Å². The number of tetrazole rings is 1. The number of benzene rings is 2. The molecular formula is C19H12N8O. The molecule has 28 heavy (non-hydrogen) atoms. The van der Waals surface area contributed by atoms with E-state index in [9.17, 15) is 0 Å². The second-order valence-corrected chi connectivity index (χ2v) is 6.35. The van der Waals surface area contributed by atoms with Crippen LogP contribution in [-0.4, -0.2) is 40.4 Å². The van der Waals surface area contributed by atoms with Crippen LogP contribution in [0.5, 0.6) is 0 Å². The van der Waals surface area contributed by atoms with Crippen molar-refractivity contribution in [3.05, 3.63) is 61.1 Å². The standard InChI is InChI=1S/C19H12N8O/c1-2-4-16-11(3-1)7-17(28-16)18-13(9-20-24-18)19-22-14-6-5-12(8-15(14)23-19)27-10-21-25-26-27/h1-10H,(H,20,24)(H,22,23). The van der Waals surface area contributed by atoms with Gasteiger partial charge in [0.2, 0.25) is 0 Å². The van der Waals surface area contributed by atoms with Crippen molar-refractivity contribution in [2.24, 2.45) is 0 Å². The number of aromatic nitrogens is 8. The van der Waals surface area contributed by atoms with Crippen molar-refractivity contribution in [3.8, 4) is 28.5 Å². The van der Waals surface area contributed by atoms with Crippen molar-refractivity contribution in [3.63, 3.8) is 0 Å². The molecule has 134 valence electrons. The first-order valence-corrected chi connectivity index (χ1v) is 8.61. The Labute approximate surface area is 157 Å². The van der Waals surface area contributed by atoms with Gasteiger partial charge in [-0.05, 0) is 40.8 Å². The summed E-state index contributed by atoms with van der Waals surface area (Å²) < 4.78 is 7.57. The quantitative estimate of drug-likeness (QED) is 0.495. The van der Waals surface area contributed by atoms with Gasteiger partial charge in [0.15, 0.2) is 5.76 Å². The Morgan fingerprint density at radius 2 is 2.00 bits per heavy atom. The Kier molecular flexibility index (Phi) is 2.98. The van der Waals surface area contributed by atoms with Crippen molar-refractivity contribution in [1.82, 2.24) is 40.4 Å². The van der Waals surface area contributed by atoms with Crippen LogP contribution in [-0.2, 0) is 0 Å². The number of rotatable bonds is 3. The third-order valence-electron chi connectivity index (χ3n) is 4.65. The monoisotopic (exact) mass is 368 g/mol. The normalized spacial score (nSPS) is 11.6. The Morgan fingerprint density at radius 1 is 1.04 bits per heavy atom. The van der Waals surface area contributed by atoms with Crippen LogP contribution in [0.25, 0.3) is 50.5 Å². The number of H-pyrrole nitrogens is 2. The summed E-state index contributed by atoms with van der Waals surface area (Å²) in [6.07, 6.45) is 3.29. The summed E-state index contributed by atoms with van der Waals surface area (Å²) in [5, 5.41) is 19.5. The van der Waals surface area contributed by atoms with Crippen molar-refractivity contribution >= 4 is 22.0 Å². The van der Waals surface area contributed by atoms with E-state index in [1.165, 1.54) is 0 Å². The van der Waals surface area contributed by atoms with Crippen molar-refractivity contribution in [1.29, 1.82) is 0 Å². The molecule has 6 aromatic rings. The molecule has 0 saturated heterocycles. The molecule has 0 aliphatic carbocycles. The Morgan fingerprint density at radius 3 is 2.89 bits per heavy atom. The summed E-state index contributed by atoms with van der Waals surface area (Å²) in [5.74, 6) is 1.41. The van der Waals surface area contributed by atoms with E-state index in [2.05, 4.69) is 30.7 Å². The number of nitrogens with one attached hydrogen (secondary N) is 2. The van der Waals surface area contributed by atoms with Gasteiger partial charge in [-0.1, -0.05) is 18.2 Å². The predicted octanol–water partition coefficient (Wildman–Crippen LogP) is 3.34. The van der Waals surface area contributed by atoms with Crippen molar-refractivity contribution in [2.45, 2.75) is 0 Å². The van der Waals surface area contributed by atoms with Gasteiger partial charge in [0.05, 0.1) is 28.5 Å². The predicted molar refractivity (Wildman–Crippen MR) is 102 cm³/mol. The highest BCUT2D eigenvalue weighted by Crippen LogP contribution is 2.33. The van der Waals surface area contributed by atoms with Crippen LogP contribution < -0.4 is 0 Å². The molecule has 0 spiro atoms. The molecule has 4 heterocycles. The van der Waals surface area contributed by atoms with Gasteiger partial charge in [0.25, 0.3) is 0 Å². The fraction of sp³-hybridized carbons (Fsp3) is 0. The second kappa shape index (κ2) is 5.61. The molecule has 0 aliphatic heterocycles. The van der Waals surface area contributed by atoms with E-state index >= 15 is 0 Å². The summed E-state index contributed by atoms with van der Waals surface area (Å²) in [7, 11) is 0. The zero-order chi connectivity index (χ0) is 18.5. The fourth-order valence-electron chi connectivity index (χ4n) is 3.31. The maximum Gasteiger partial charge on any atom is 0.153 e. The second-order valence-electron chi connectivity index (χ2n) is 6.35. The SMILES string of the molecule is c1ccc2oc(-c3[nH]ncc3-c3nc4ccc(-n5cnnn5)cc4[nH]3)cc2c1. The highest BCUT2D eigenvalue weighted by molar-refractivity contribution is 5.87. The minimum atomic E-state index is 0.702. The van der Waals surface area contributed by atoms with E-state index in [1.807, 2.05) is 48.5 Å². The van der Waals surface area contributed by atoms with Gasteiger partial charge in [-0.2, -0.15) is 5.10 Å². The molecule has 2 N–H and O–H groups in total. The first-order valence-electron chi connectivity index (χ1n) is 8.61. The average Bonchev–Trinajstić information content (AvgIpc) is 3.52. The van der Waals surface area contributed by atoms with Crippen molar-refractivity contribution in [2.75, 3.05) is 0 Å². The minimum Gasteiger partial charge on any atom is -0.454 e. The molecule has 0 saturated carbocycles. The van der Waals surface area contributed by atoms with Gasteiger partial charge in [-0.25, -0.2) is 9.67 Å². The average molecular weight is 368 g/mol. The number of aromatic amines is 2. The smallest absolute Gasteiger partial charge is 0.153 e. The lowest BCUT2D eigenvalue weighted by atomic mass is 10.2. The topological polar surface area (TPSA) is 114 Å². The highest BCUT2D eigenvalue weighted by Gasteiger charge is 2.17. The zero-order valence-corrected chi connectivity index (χ0v) is 14.4. The third-order valence-corrected chi connectivity index (χ3v) is 4.65. The number of hydrogen-bond acceptors (Lipinski definition) is 6. The van der Waals surface area contributed by atoms with E-state index in [1.54, 1.807) is 17.2 Å². The highest BCUT2D eigenvalue weighted by atomic mass is 16.3. The first kappa shape index (κ1) is 14.9. The number of furan rings is 1. The maximum atomic E-state index is 5.98. The van der Waals surface area contributed by atoms with Gasteiger partial charge < -0.3 is 9.40 Å². The Balaban J connectivity index is 1.46. The Hall–Kier alpha value is -4.27. The number of fused-ring (bicyclic) bond motifs is 2. The summed E-state index contributed by atoms with van der Waals surface area (Å²) in [6, 6.07) is 15.7. The minimum absolute atomic E-state index is 0.702. The van der Waals surface area contributed by atoms with Crippen molar-refractivity contribution < 1.29 is 4.42 Å². The molecule has 0 bridgehead atoms. The molecule has 6 rings (SSSR count). The molecule has 2 aromatic carbocycles. The van der Waals surface area contributed by atoms with Crippen LogP contribution in [0.2, 0.25) is 0 Å². The lowest BCUT2D eigenvalue weighted by Crippen LogP contribution is -1.94. The van der Waals surface area contributed by atoms with Gasteiger partial charge in [-0.15, -0.1) is 5.10 Å². The lowest BCUT2D eigenvalue weighted by Gasteiger charge is -1.97. The number of nitrogens with zero attached hydrogens (tertiary/aromatic N) is 6. The van der Waals surface area contributed by atoms with Gasteiger partial charge in [-0.3, -0.25) is 5.10 Å². The van der Waals surface area contributed by atoms with Crippen LogP contribution >= 0.6 is 0 Å². The van der Waals surface area contributed by atoms with Gasteiger partial charge in [0, 0.05) is 5.39 Å². The fourth-order valence-corrected chi connectivity index (χ4v) is 3.31. The summed E-state index contributed by atoms with van der Waals surface area (Å²) in [5.41, 5.74) is 4.99. The zero-order valence-electron chi connectivity index (χ0n) is 14.4. The molecule has 0 radical (unpaired) electrons. The molecule has 0 unspecified atom stereocenters. The van der Waals surface area contributed by atoms with Gasteiger partial charge in [0.1, 0.15) is 23.4 Å². The maximum absolute atomic E-state index is 5.98. The molecule has 0 amide bonds. The number of hydrogen-bond donors (Lipinski definition) is 2. The first-order chi connectivity index (χ1) is 13.8. The molecule has 0 atom stereocenters. The van der Waals surface area contributed by atoms with Crippen LogP contribution in [0.15, 0.2) is 65.5 Å². The van der Waals surface area contributed by atoms with Crippen LogP contribution in [0.3, 0.4) is 0 Å². The number of para-hydroxylation sites is 1. The molecule has 0 fully saturated rings. The van der Waals surface area contributed by atoms with E-state index in [0.29, 0.717) is 11.6 Å². The van der Waals surface area contributed by atoms with E-state index in [-0.39, 0.29) is 0 Å². The molecule has 4 aromatic heterocycles. The van der Waals surface area contributed by atoms with Crippen LogP contribution in [0, 0.1) is 0 Å². The molecule has 9 nitrogen and oxygen atoms in total. The lowest BCUT2D eigenvalue weighted by molar-refractivity contribution is 0.628. The summed E-state index contributed by atoms with van der Waals surface area (Å²) >= 11 is 0.